The van der Waals surface area contributed by atoms with E-state index in [1.165, 1.54) is 0 Å². The maximum atomic E-state index is 5.81. The van der Waals surface area contributed by atoms with Gasteiger partial charge in [-0.2, -0.15) is 0 Å². The van der Waals surface area contributed by atoms with Gasteiger partial charge in [0.15, 0.2) is 5.82 Å². The summed E-state index contributed by atoms with van der Waals surface area (Å²) in [4.78, 5) is 10.9. The van der Waals surface area contributed by atoms with Gasteiger partial charge in [0.1, 0.15) is 31.3 Å². The quantitative estimate of drug-likeness (QED) is 0.625. The van der Waals surface area contributed by atoms with Gasteiger partial charge >= 0.3 is 0 Å². The van der Waals surface area contributed by atoms with E-state index in [9.17, 15) is 0 Å². The fourth-order valence-electron chi connectivity index (χ4n) is 2.71. The van der Waals surface area contributed by atoms with Crippen molar-refractivity contribution in [1.82, 2.24) is 15.3 Å². The zero-order valence-electron chi connectivity index (χ0n) is 15.6. The van der Waals surface area contributed by atoms with Crippen LogP contribution >= 0.6 is 0 Å². The Morgan fingerprint density at radius 3 is 2.33 bits per heavy atom. The molecule has 0 amide bonds. The van der Waals surface area contributed by atoms with Crippen molar-refractivity contribution in [3.05, 3.63) is 36.7 Å². The zero-order valence-corrected chi connectivity index (χ0v) is 15.6. The van der Waals surface area contributed by atoms with E-state index >= 15 is 0 Å². The van der Waals surface area contributed by atoms with Gasteiger partial charge in [0.25, 0.3) is 5.88 Å². The third kappa shape index (κ3) is 5.97. The summed E-state index contributed by atoms with van der Waals surface area (Å²) >= 11 is 0. The van der Waals surface area contributed by atoms with Crippen molar-refractivity contribution in [3.63, 3.8) is 0 Å². The Morgan fingerprint density at radius 2 is 1.59 bits per heavy atom. The van der Waals surface area contributed by atoms with E-state index in [0.717, 1.165) is 43.5 Å². The first-order valence-electron chi connectivity index (χ1n) is 9.11. The maximum absolute atomic E-state index is 5.81. The Bertz CT molecular complexity index is 695. The molecule has 0 saturated carbocycles. The van der Waals surface area contributed by atoms with Gasteiger partial charge in [-0.1, -0.05) is 6.07 Å². The van der Waals surface area contributed by atoms with E-state index < -0.39 is 0 Å². The molecule has 8 nitrogen and oxygen atoms in total. The van der Waals surface area contributed by atoms with Crippen LogP contribution < -0.4 is 24.4 Å². The van der Waals surface area contributed by atoms with E-state index in [-0.39, 0.29) is 0 Å². The topological polar surface area (TPSA) is 78.0 Å². The second-order valence-electron chi connectivity index (χ2n) is 5.94. The van der Waals surface area contributed by atoms with Crippen molar-refractivity contribution in [2.45, 2.75) is 0 Å². The number of methoxy groups -OCH3 is 1. The second-order valence-corrected chi connectivity index (χ2v) is 5.94. The Labute approximate surface area is 159 Å². The number of ether oxygens (including phenoxy) is 4. The number of hydrogen-bond acceptors (Lipinski definition) is 8. The molecule has 1 aliphatic heterocycles. The summed E-state index contributed by atoms with van der Waals surface area (Å²) in [5, 5.41) is 3.33. The van der Waals surface area contributed by atoms with Gasteiger partial charge in [-0.3, -0.25) is 0 Å². The highest BCUT2D eigenvalue weighted by Gasteiger charge is 2.17. The minimum Gasteiger partial charge on any atom is -0.491 e. The number of piperazine rings is 1. The molecule has 0 radical (unpaired) electrons. The van der Waals surface area contributed by atoms with Crippen molar-refractivity contribution < 1.29 is 18.9 Å². The van der Waals surface area contributed by atoms with Crippen LogP contribution in [0.2, 0.25) is 0 Å². The molecule has 0 bridgehead atoms. The molecule has 0 aliphatic carbocycles. The van der Waals surface area contributed by atoms with Gasteiger partial charge in [-0.25, -0.2) is 9.97 Å². The second kappa shape index (κ2) is 10.5. The number of benzene rings is 1. The normalized spacial score (nSPS) is 14.0. The van der Waals surface area contributed by atoms with Crippen LogP contribution in [-0.4, -0.2) is 69.7 Å². The van der Waals surface area contributed by atoms with Gasteiger partial charge in [0, 0.05) is 51.7 Å². The van der Waals surface area contributed by atoms with Gasteiger partial charge < -0.3 is 29.2 Å². The lowest BCUT2D eigenvalue weighted by Gasteiger charge is -2.28. The molecular weight excluding hydrogens is 348 g/mol. The van der Waals surface area contributed by atoms with Crippen LogP contribution in [0.1, 0.15) is 0 Å². The molecule has 146 valence electrons. The first-order chi connectivity index (χ1) is 13.4. The van der Waals surface area contributed by atoms with Crippen LogP contribution in [0.15, 0.2) is 36.7 Å². The third-order valence-corrected chi connectivity index (χ3v) is 4.02. The van der Waals surface area contributed by atoms with Crippen LogP contribution in [0.3, 0.4) is 0 Å². The van der Waals surface area contributed by atoms with Crippen LogP contribution in [0.5, 0.6) is 17.4 Å². The SMILES string of the molecule is COCCOc1cccc(OCCOc2nccnc2N2CCNCC2)c1. The maximum Gasteiger partial charge on any atom is 0.257 e. The average Bonchev–Trinajstić information content (AvgIpc) is 2.73. The van der Waals surface area contributed by atoms with Crippen molar-refractivity contribution in [3.8, 4) is 17.4 Å². The fourth-order valence-corrected chi connectivity index (χ4v) is 2.71. The van der Waals surface area contributed by atoms with Crippen molar-refractivity contribution in [2.75, 3.05) is 64.6 Å². The molecule has 27 heavy (non-hydrogen) atoms. The van der Waals surface area contributed by atoms with E-state index in [4.69, 9.17) is 18.9 Å². The monoisotopic (exact) mass is 374 g/mol. The van der Waals surface area contributed by atoms with E-state index in [1.807, 2.05) is 24.3 Å². The van der Waals surface area contributed by atoms with Gasteiger partial charge in [0.2, 0.25) is 0 Å². The number of rotatable bonds is 10. The molecule has 1 saturated heterocycles. The summed E-state index contributed by atoms with van der Waals surface area (Å²) in [6, 6.07) is 7.52. The lowest BCUT2D eigenvalue weighted by molar-refractivity contribution is 0.146. The van der Waals surface area contributed by atoms with E-state index in [1.54, 1.807) is 19.5 Å². The lowest BCUT2D eigenvalue weighted by atomic mass is 10.3. The number of nitrogens with zero attached hydrogens (tertiary/aromatic N) is 3. The van der Waals surface area contributed by atoms with Crippen molar-refractivity contribution in [1.29, 1.82) is 0 Å². The summed E-state index contributed by atoms with van der Waals surface area (Å²) in [7, 11) is 1.65. The highest BCUT2D eigenvalue weighted by molar-refractivity contribution is 5.48. The minimum absolute atomic E-state index is 0.381. The molecule has 2 heterocycles. The largest absolute Gasteiger partial charge is 0.491 e. The molecule has 1 aliphatic rings. The first-order valence-corrected chi connectivity index (χ1v) is 9.11. The molecule has 1 aromatic carbocycles. The molecular formula is C19H26N4O4. The molecule has 0 atom stereocenters. The Morgan fingerprint density at radius 1 is 0.926 bits per heavy atom. The zero-order chi connectivity index (χ0) is 18.7. The Hall–Kier alpha value is -2.58. The minimum atomic E-state index is 0.381. The van der Waals surface area contributed by atoms with E-state index in [0.29, 0.717) is 32.3 Å². The molecule has 1 N–H and O–H groups in total. The molecule has 0 spiro atoms. The predicted molar refractivity (Wildman–Crippen MR) is 102 cm³/mol. The first kappa shape index (κ1) is 19.2. The number of hydrogen-bond donors (Lipinski definition) is 1. The smallest absolute Gasteiger partial charge is 0.257 e. The van der Waals surface area contributed by atoms with Crippen molar-refractivity contribution >= 4 is 5.82 Å². The molecule has 3 rings (SSSR count). The Balaban J connectivity index is 1.47. The molecule has 0 unspecified atom stereocenters. The van der Waals surface area contributed by atoms with Crippen LogP contribution in [-0.2, 0) is 4.74 Å². The standard InChI is InChI=1S/C19H26N4O4/c1-24-11-12-25-16-3-2-4-17(15-16)26-13-14-27-19-18(21-5-6-22-19)23-9-7-20-8-10-23/h2-6,15,20H,7-14H2,1H3. The molecule has 8 heteroatoms. The van der Waals surface area contributed by atoms with E-state index in [2.05, 4.69) is 20.2 Å². The number of nitrogens with one attached hydrogen (secondary N) is 1. The Kier molecular flexibility index (Phi) is 7.49. The van der Waals surface area contributed by atoms with Crippen molar-refractivity contribution in [2.24, 2.45) is 0 Å². The molecule has 1 fully saturated rings. The summed E-state index contributed by atoms with van der Waals surface area (Å²) in [6.45, 7) is 5.48. The van der Waals surface area contributed by atoms with Crippen LogP contribution in [0.4, 0.5) is 5.82 Å². The lowest BCUT2D eigenvalue weighted by Crippen LogP contribution is -2.44. The van der Waals surface area contributed by atoms with Gasteiger partial charge in [0.05, 0.1) is 6.61 Å². The summed E-state index contributed by atoms with van der Waals surface area (Å²) in [6.07, 6.45) is 3.33. The van der Waals surface area contributed by atoms with Gasteiger partial charge in [-0.15, -0.1) is 0 Å². The average molecular weight is 374 g/mol. The van der Waals surface area contributed by atoms with Crippen LogP contribution in [0, 0.1) is 0 Å². The van der Waals surface area contributed by atoms with Crippen LogP contribution in [0.25, 0.3) is 0 Å². The number of aromatic nitrogens is 2. The number of anilines is 1. The third-order valence-electron chi connectivity index (χ3n) is 4.02. The predicted octanol–water partition coefficient (Wildman–Crippen LogP) is 1.37. The summed E-state index contributed by atoms with van der Waals surface area (Å²) in [5.74, 6) is 2.81. The fraction of sp³-hybridized carbons (Fsp3) is 0.474. The highest BCUT2D eigenvalue weighted by Crippen LogP contribution is 2.23. The molecule has 2 aromatic rings. The van der Waals surface area contributed by atoms with Gasteiger partial charge in [-0.05, 0) is 12.1 Å². The summed E-state index contributed by atoms with van der Waals surface area (Å²) in [5.41, 5.74) is 0. The highest BCUT2D eigenvalue weighted by atomic mass is 16.5. The summed E-state index contributed by atoms with van der Waals surface area (Å²) < 4.78 is 22.1. The molecule has 1 aromatic heterocycles.